The Morgan fingerprint density at radius 1 is 1.53 bits per heavy atom. The molecule has 5 nitrogen and oxygen atoms in total. The molecule has 86 valence electrons. The van der Waals surface area contributed by atoms with Crippen LogP contribution in [0.2, 0.25) is 0 Å². The molecule has 1 aliphatic rings. The quantitative estimate of drug-likeness (QED) is 0.590. The van der Waals surface area contributed by atoms with E-state index < -0.39 is 17.6 Å². The normalized spacial score (nSPS) is 19.3. The van der Waals surface area contributed by atoms with Gasteiger partial charge in [0, 0.05) is 0 Å². The van der Waals surface area contributed by atoms with Crippen LogP contribution in [0.1, 0.15) is 39.0 Å². The third-order valence-corrected chi connectivity index (χ3v) is 2.69. The van der Waals surface area contributed by atoms with Gasteiger partial charge in [-0.25, -0.2) is 4.79 Å². The van der Waals surface area contributed by atoms with Crippen molar-refractivity contribution in [2.24, 2.45) is 5.73 Å². The van der Waals surface area contributed by atoms with Crippen molar-refractivity contribution in [3.8, 4) is 0 Å². The smallest absolute Gasteiger partial charge is 0.326 e. The third kappa shape index (κ3) is 3.20. The Bertz CT molecular complexity index is 261. The van der Waals surface area contributed by atoms with Crippen LogP contribution in [-0.4, -0.2) is 28.6 Å². The minimum Gasteiger partial charge on any atom is -0.480 e. The highest BCUT2D eigenvalue weighted by Crippen LogP contribution is 2.32. The summed E-state index contributed by atoms with van der Waals surface area (Å²) in [6.07, 6.45) is 3.47. The van der Waals surface area contributed by atoms with E-state index in [0.29, 0.717) is 19.3 Å². The highest BCUT2D eigenvalue weighted by atomic mass is 16.4. The van der Waals surface area contributed by atoms with Crippen molar-refractivity contribution >= 4 is 11.9 Å². The number of unbranched alkanes of at least 4 members (excludes halogenated alkanes) is 1. The molecule has 4 N–H and O–H groups in total. The average molecular weight is 214 g/mol. The molecule has 0 radical (unpaired) electrons. The van der Waals surface area contributed by atoms with Crippen LogP contribution in [0.3, 0.4) is 0 Å². The van der Waals surface area contributed by atoms with Crippen molar-refractivity contribution in [1.29, 1.82) is 0 Å². The van der Waals surface area contributed by atoms with E-state index in [4.69, 9.17) is 10.8 Å². The number of carboxylic acid groups (broad SMARTS) is 1. The summed E-state index contributed by atoms with van der Waals surface area (Å²) >= 11 is 0. The van der Waals surface area contributed by atoms with Gasteiger partial charge in [0.1, 0.15) is 6.04 Å². The lowest BCUT2D eigenvalue weighted by atomic mass is 10.1. The maximum Gasteiger partial charge on any atom is 0.326 e. The summed E-state index contributed by atoms with van der Waals surface area (Å²) in [5.74, 6) is -1.31. The molecule has 1 saturated carbocycles. The number of carboxylic acids is 1. The standard InChI is InChI=1S/C10H18N2O3/c1-2-3-4-7(8(13)14)12-9(15)10(11)5-6-10/h7H,2-6,11H2,1H3,(H,12,15)(H,13,14). The molecule has 0 aromatic rings. The molecule has 0 saturated heterocycles. The summed E-state index contributed by atoms with van der Waals surface area (Å²) < 4.78 is 0. The Labute approximate surface area is 89.0 Å². The van der Waals surface area contributed by atoms with Crippen molar-refractivity contribution in [1.82, 2.24) is 5.32 Å². The van der Waals surface area contributed by atoms with E-state index in [1.165, 1.54) is 0 Å². The van der Waals surface area contributed by atoms with Crippen molar-refractivity contribution in [3.63, 3.8) is 0 Å². The number of rotatable bonds is 6. The summed E-state index contributed by atoms with van der Waals surface area (Å²) in [6, 6.07) is -0.793. The van der Waals surface area contributed by atoms with Crippen LogP contribution in [0.5, 0.6) is 0 Å². The van der Waals surface area contributed by atoms with Gasteiger partial charge in [0.25, 0.3) is 0 Å². The van der Waals surface area contributed by atoms with Gasteiger partial charge >= 0.3 is 5.97 Å². The topological polar surface area (TPSA) is 92.4 Å². The van der Waals surface area contributed by atoms with Crippen molar-refractivity contribution in [2.75, 3.05) is 0 Å². The number of carbonyl (C=O) groups excluding carboxylic acids is 1. The SMILES string of the molecule is CCCCC(NC(=O)C1(N)CC1)C(=O)O. The van der Waals surface area contributed by atoms with E-state index in [9.17, 15) is 9.59 Å². The molecule has 1 rings (SSSR count). The second-order valence-electron chi connectivity index (χ2n) is 4.16. The van der Waals surface area contributed by atoms with Crippen molar-refractivity contribution in [2.45, 2.75) is 50.6 Å². The van der Waals surface area contributed by atoms with E-state index in [1.807, 2.05) is 6.92 Å². The van der Waals surface area contributed by atoms with Gasteiger partial charge in [0.15, 0.2) is 0 Å². The highest BCUT2D eigenvalue weighted by molar-refractivity contribution is 5.92. The van der Waals surface area contributed by atoms with Crippen molar-refractivity contribution in [3.05, 3.63) is 0 Å². The van der Waals surface area contributed by atoms with Gasteiger partial charge in [0.05, 0.1) is 5.54 Å². The Hall–Kier alpha value is -1.10. The molecule has 5 heteroatoms. The molecule has 15 heavy (non-hydrogen) atoms. The number of hydrogen-bond donors (Lipinski definition) is 3. The maximum absolute atomic E-state index is 11.5. The van der Waals surface area contributed by atoms with Crippen LogP contribution >= 0.6 is 0 Å². The third-order valence-electron chi connectivity index (χ3n) is 2.69. The number of amides is 1. The van der Waals surface area contributed by atoms with Crippen LogP contribution in [0.4, 0.5) is 0 Å². The summed E-state index contributed by atoms with van der Waals surface area (Å²) in [7, 11) is 0. The van der Waals surface area contributed by atoms with E-state index >= 15 is 0 Å². The largest absolute Gasteiger partial charge is 0.480 e. The van der Waals surface area contributed by atoms with E-state index in [-0.39, 0.29) is 5.91 Å². The molecular weight excluding hydrogens is 196 g/mol. The van der Waals surface area contributed by atoms with E-state index in [2.05, 4.69) is 5.32 Å². The zero-order chi connectivity index (χ0) is 11.5. The lowest BCUT2D eigenvalue weighted by Gasteiger charge is -2.16. The molecule has 0 spiro atoms. The number of nitrogens with one attached hydrogen (secondary N) is 1. The van der Waals surface area contributed by atoms with E-state index in [0.717, 1.165) is 12.8 Å². The van der Waals surface area contributed by atoms with Crippen LogP contribution in [0.25, 0.3) is 0 Å². The van der Waals surface area contributed by atoms with Crippen LogP contribution < -0.4 is 11.1 Å². The summed E-state index contributed by atoms with van der Waals surface area (Å²) in [5, 5.41) is 11.4. The molecule has 1 amide bonds. The van der Waals surface area contributed by atoms with Gasteiger partial charge in [-0.2, -0.15) is 0 Å². The first-order chi connectivity index (χ1) is 6.99. The second kappa shape index (κ2) is 4.61. The van der Waals surface area contributed by atoms with Gasteiger partial charge in [0.2, 0.25) is 5.91 Å². The van der Waals surface area contributed by atoms with Gasteiger partial charge in [-0.05, 0) is 19.3 Å². The fourth-order valence-electron chi connectivity index (χ4n) is 1.33. The lowest BCUT2D eigenvalue weighted by molar-refractivity contribution is -0.142. The molecule has 1 fully saturated rings. The molecule has 0 aromatic carbocycles. The first-order valence-corrected chi connectivity index (χ1v) is 5.32. The molecule has 0 aromatic heterocycles. The average Bonchev–Trinajstić information content (AvgIpc) is 2.91. The molecular formula is C10H18N2O3. The zero-order valence-corrected chi connectivity index (χ0v) is 8.95. The Balaban J connectivity index is 2.43. The Morgan fingerprint density at radius 3 is 2.53 bits per heavy atom. The fourth-order valence-corrected chi connectivity index (χ4v) is 1.33. The number of nitrogens with two attached hydrogens (primary N) is 1. The van der Waals surface area contributed by atoms with Gasteiger partial charge in [-0.15, -0.1) is 0 Å². The second-order valence-corrected chi connectivity index (χ2v) is 4.16. The summed E-state index contributed by atoms with van der Waals surface area (Å²) in [6.45, 7) is 1.98. The molecule has 1 aliphatic carbocycles. The number of hydrogen-bond acceptors (Lipinski definition) is 3. The summed E-state index contributed by atoms with van der Waals surface area (Å²) in [4.78, 5) is 22.3. The predicted octanol–water partition coefficient (Wildman–Crippen LogP) is 0.237. The Morgan fingerprint density at radius 2 is 2.13 bits per heavy atom. The van der Waals surface area contributed by atoms with E-state index in [1.54, 1.807) is 0 Å². The van der Waals surface area contributed by atoms with Gasteiger partial charge in [-0.3, -0.25) is 4.79 Å². The van der Waals surface area contributed by atoms with Crippen LogP contribution in [0.15, 0.2) is 0 Å². The lowest BCUT2D eigenvalue weighted by Crippen LogP contribution is -2.49. The monoisotopic (exact) mass is 214 g/mol. The van der Waals surface area contributed by atoms with Crippen LogP contribution in [-0.2, 0) is 9.59 Å². The molecule has 0 bridgehead atoms. The molecule has 0 heterocycles. The van der Waals surface area contributed by atoms with Crippen LogP contribution in [0, 0.1) is 0 Å². The molecule has 1 atom stereocenters. The number of carbonyl (C=O) groups is 2. The maximum atomic E-state index is 11.5. The summed E-state index contributed by atoms with van der Waals surface area (Å²) in [5.41, 5.74) is 4.87. The number of aliphatic carboxylic acids is 1. The highest BCUT2D eigenvalue weighted by Gasteiger charge is 2.46. The predicted molar refractivity (Wildman–Crippen MR) is 55.2 cm³/mol. The zero-order valence-electron chi connectivity index (χ0n) is 8.95. The minimum absolute atomic E-state index is 0.328. The first kappa shape index (κ1) is 12.0. The molecule has 1 unspecified atom stereocenters. The van der Waals surface area contributed by atoms with Gasteiger partial charge in [-0.1, -0.05) is 19.8 Å². The van der Waals surface area contributed by atoms with Crippen molar-refractivity contribution < 1.29 is 14.7 Å². The Kier molecular flexibility index (Phi) is 3.68. The minimum atomic E-state index is -0.985. The molecule has 0 aliphatic heterocycles. The first-order valence-electron chi connectivity index (χ1n) is 5.32. The fraction of sp³-hybridized carbons (Fsp3) is 0.800. The van der Waals surface area contributed by atoms with Gasteiger partial charge < -0.3 is 16.2 Å².